The number of ether oxygens (including phenoxy) is 2. The van der Waals surface area contributed by atoms with E-state index in [1.165, 1.54) is 6.07 Å². The summed E-state index contributed by atoms with van der Waals surface area (Å²) in [5, 5.41) is 3.35. The molecule has 1 fully saturated rings. The van der Waals surface area contributed by atoms with Crippen LogP contribution in [0.4, 0.5) is 4.39 Å². The lowest BCUT2D eigenvalue weighted by Crippen LogP contribution is -2.49. The molecule has 0 bridgehead atoms. The second kappa shape index (κ2) is 5.98. The van der Waals surface area contributed by atoms with Gasteiger partial charge in [-0.3, -0.25) is 0 Å². The molecule has 4 heteroatoms. The quantitative estimate of drug-likeness (QED) is 0.871. The highest BCUT2D eigenvalue weighted by Gasteiger charge is 2.27. The van der Waals surface area contributed by atoms with Crippen LogP contribution in [-0.4, -0.2) is 31.9 Å². The Balaban J connectivity index is 2.03. The molecule has 0 aliphatic carbocycles. The van der Waals surface area contributed by atoms with E-state index in [1.807, 2.05) is 0 Å². The van der Waals surface area contributed by atoms with Gasteiger partial charge in [-0.25, -0.2) is 4.39 Å². The first-order valence-corrected chi connectivity index (χ1v) is 6.03. The molecule has 94 valence electrons. The zero-order chi connectivity index (χ0) is 12.1. The Bertz CT molecular complexity index is 357. The smallest absolute Gasteiger partial charge is 0.165 e. The third-order valence-electron chi connectivity index (χ3n) is 2.89. The minimum Gasteiger partial charge on any atom is -0.483 e. The van der Waals surface area contributed by atoms with Gasteiger partial charge in [0.25, 0.3) is 0 Å². The molecular weight excluding hydrogens is 221 g/mol. The molecule has 1 aliphatic heterocycles. The van der Waals surface area contributed by atoms with Gasteiger partial charge in [0, 0.05) is 12.6 Å². The molecule has 17 heavy (non-hydrogen) atoms. The zero-order valence-electron chi connectivity index (χ0n) is 9.99. The summed E-state index contributed by atoms with van der Waals surface area (Å²) in [5.41, 5.74) is 0. The maximum Gasteiger partial charge on any atom is 0.165 e. The second-order valence-electron chi connectivity index (χ2n) is 4.11. The summed E-state index contributed by atoms with van der Waals surface area (Å²) in [6.45, 7) is 4.16. The maximum absolute atomic E-state index is 13.5. The largest absolute Gasteiger partial charge is 0.483 e. The lowest BCUT2D eigenvalue weighted by Gasteiger charge is -2.32. The Morgan fingerprint density at radius 1 is 1.47 bits per heavy atom. The molecule has 0 radical (unpaired) electrons. The molecule has 0 saturated carbocycles. The average Bonchev–Trinajstić information content (AvgIpc) is 2.35. The SMILES string of the molecule is CCNC1CCOCC1Oc1ccccc1F. The Morgan fingerprint density at radius 3 is 3.06 bits per heavy atom. The summed E-state index contributed by atoms with van der Waals surface area (Å²) >= 11 is 0. The number of halogens is 1. The number of likely N-dealkylation sites (N-methyl/N-ethyl adjacent to an activating group) is 1. The van der Waals surface area contributed by atoms with Crippen LogP contribution in [0.25, 0.3) is 0 Å². The van der Waals surface area contributed by atoms with Gasteiger partial charge in [0.2, 0.25) is 0 Å². The van der Waals surface area contributed by atoms with Crippen molar-refractivity contribution in [1.82, 2.24) is 5.32 Å². The fourth-order valence-corrected chi connectivity index (χ4v) is 2.03. The van der Waals surface area contributed by atoms with Crippen LogP contribution in [0.2, 0.25) is 0 Å². The maximum atomic E-state index is 13.5. The van der Waals surface area contributed by atoms with Crippen LogP contribution < -0.4 is 10.1 Å². The molecule has 1 heterocycles. The van der Waals surface area contributed by atoms with Crippen molar-refractivity contribution in [2.75, 3.05) is 19.8 Å². The third kappa shape index (κ3) is 3.17. The van der Waals surface area contributed by atoms with Gasteiger partial charge in [0.1, 0.15) is 6.10 Å². The molecule has 2 rings (SSSR count). The van der Waals surface area contributed by atoms with E-state index >= 15 is 0 Å². The highest BCUT2D eigenvalue weighted by Crippen LogP contribution is 2.20. The van der Waals surface area contributed by atoms with Gasteiger partial charge >= 0.3 is 0 Å². The minimum atomic E-state index is -0.326. The van der Waals surface area contributed by atoms with Crippen LogP contribution in [0.3, 0.4) is 0 Å². The Hall–Kier alpha value is -1.13. The lowest BCUT2D eigenvalue weighted by atomic mass is 10.1. The van der Waals surface area contributed by atoms with Gasteiger partial charge in [-0.1, -0.05) is 19.1 Å². The van der Waals surface area contributed by atoms with Crippen LogP contribution in [0, 0.1) is 5.82 Å². The molecule has 1 aromatic rings. The standard InChI is InChI=1S/C13H18FNO2/c1-2-15-11-7-8-16-9-13(11)17-12-6-4-3-5-10(12)14/h3-6,11,13,15H,2,7-9H2,1H3. The summed E-state index contributed by atoms with van der Waals surface area (Å²) in [6.07, 6.45) is 0.771. The van der Waals surface area contributed by atoms with E-state index in [-0.39, 0.29) is 18.0 Å². The number of hydrogen-bond acceptors (Lipinski definition) is 3. The van der Waals surface area contributed by atoms with Crippen molar-refractivity contribution in [2.24, 2.45) is 0 Å². The van der Waals surface area contributed by atoms with E-state index in [0.29, 0.717) is 12.4 Å². The summed E-state index contributed by atoms with van der Waals surface area (Å²) in [5.74, 6) is -0.0285. The number of hydrogen-bond donors (Lipinski definition) is 1. The predicted octanol–water partition coefficient (Wildman–Crippen LogP) is 1.97. The molecule has 0 spiro atoms. The van der Waals surface area contributed by atoms with E-state index in [1.54, 1.807) is 18.2 Å². The van der Waals surface area contributed by atoms with E-state index < -0.39 is 0 Å². The molecule has 1 N–H and O–H groups in total. The van der Waals surface area contributed by atoms with Crippen molar-refractivity contribution >= 4 is 0 Å². The second-order valence-corrected chi connectivity index (χ2v) is 4.11. The summed E-state index contributed by atoms with van der Waals surface area (Å²) in [4.78, 5) is 0. The molecule has 1 aliphatic rings. The summed E-state index contributed by atoms with van der Waals surface area (Å²) in [7, 11) is 0. The lowest BCUT2D eigenvalue weighted by molar-refractivity contribution is -0.0157. The number of para-hydroxylation sites is 1. The van der Waals surface area contributed by atoms with E-state index in [0.717, 1.165) is 19.6 Å². The fraction of sp³-hybridized carbons (Fsp3) is 0.538. The van der Waals surface area contributed by atoms with Crippen molar-refractivity contribution in [3.05, 3.63) is 30.1 Å². The van der Waals surface area contributed by atoms with Crippen molar-refractivity contribution in [2.45, 2.75) is 25.5 Å². The number of rotatable bonds is 4. The first kappa shape index (κ1) is 12.3. The Labute approximate surface area is 101 Å². The van der Waals surface area contributed by atoms with E-state index in [2.05, 4.69) is 12.2 Å². The Morgan fingerprint density at radius 2 is 2.29 bits per heavy atom. The van der Waals surface area contributed by atoms with Crippen LogP contribution in [0.5, 0.6) is 5.75 Å². The van der Waals surface area contributed by atoms with Crippen molar-refractivity contribution in [3.8, 4) is 5.75 Å². The third-order valence-corrected chi connectivity index (χ3v) is 2.89. The topological polar surface area (TPSA) is 30.5 Å². The monoisotopic (exact) mass is 239 g/mol. The van der Waals surface area contributed by atoms with Crippen LogP contribution in [0.1, 0.15) is 13.3 Å². The van der Waals surface area contributed by atoms with Gasteiger partial charge in [0.15, 0.2) is 11.6 Å². The van der Waals surface area contributed by atoms with Gasteiger partial charge in [-0.15, -0.1) is 0 Å². The van der Waals surface area contributed by atoms with Crippen LogP contribution in [0.15, 0.2) is 24.3 Å². The molecule has 1 saturated heterocycles. The van der Waals surface area contributed by atoms with Gasteiger partial charge < -0.3 is 14.8 Å². The van der Waals surface area contributed by atoms with Crippen molar-refractivity contribution < 1.29 is 13.9 Å². The first-order valence-electron chi connectivity index (χ1n) is 6.03. The first-order chi connectivity index (χ1) is 8.31. The van der Waals surface area contributed by atoms with Gasteiger partial charge in [0.05, 0.1) is 6.61 Å². The van der Waals surface area contributed by atoms with Crippen molar-refractivity contribution in [1.29, 1.82) is 0 Å². The van der Waals surface area contributed by atoms with Gasteiger partial charge in [-0.2, -0.15) is 0 Å². The molecule has 2 atom stereocenters. The molecule has 3 nitrogen and oxygen atoms in total. The predicted molar refractivity (Wildman–Crippen MR) is 63.7 cm³/mol. The highest BCUT2D eigenvalue weighted by molar-refractivity contribution is 5.24. The summed E-state index contributed by atoms with van der Waals surface area (Å²) in [6, 6.07) is 6.70. The normalized spacial score (nSPS) is 24.6. The van der Waals surface area contributed by atoms with E-state index in [4.69, 9.17) is 9.47 Å². The molecule has 0 aromatic heterocycles. The number of nitrogens with one attached hydrogen (secondary N) is 1. The molecule has 1 aromatic carbocycles. The average molecular weight is 239 g/mol. The number of benzene rings is 1. The summed E-state index contributed by atoms with van der Waals surface area (Å²) < 4.78 is 24.5. The molecule has 0 amide bonds. The van der Waals surface area contributed by atoms with Crippen LogP contribution in [-0.2, 0) is 4.74 Å². The Kier molecular flexibility index (Phi) is 4.34. The van der Waals surface area contributed by atoms with Crippen molar-refractivity contribution in [3.63, 3.8) is 0 Å². The van der Waals surface area contributed by atoms with E-state index in [9.17, 15) is 4.39 Å². The molecule has 2 unspecified atom stereocenters. The zero-order valence-corrected chi connectivity index (χ0v) is 9.99. The fourth-order valence-electron chi connectivity index (χ4n) is 2.03. The minimum absolute atomic E-state index is 0.124. The van der Waals surface area contributed by atoms with Crippen LogP contribution >= 0.6 is 0 Å². The van der Waals surface area contributed by atoms with Gasteiger partial charge in [-0.05, 0) is 25.1 Å². The highest BCUT2D eigenvalue weighted by atomic mass is 19.1. The molecular formula is C13H18FNO2.